The molecule has 0 spiro atoms. The van der Waals surface area contributed by atoms with Gasteiger partial charge < -0.3 is 20.1 Å². The second-order valence-corrected chi connectivity index (χ2v) is 6.16. The van der Waals surface area contributed by atoms with Gasteiger partial charge in [-0.15, -0.1) is 0 Å². The number of anilines is 1. The number of likely N-dealkylation sites (tertiary alicyclic amines) is 1. The van der Waals surface area contributed by atoms with Gasteiger partial charge in [0.25, 0.3) is 5.91 Å². The molecule has 2 heterocycles. The Morgan fingerprint density at radius 2 is 2.19 bits per heavy atom. The van der Waals surface area contributed by atoms with Crippen molar-refractivity contribution in [2.75, 3.05) is 25.0 Å². The van der Waals surface area contributed by atoms with Gasteiger partial charge in [0.15, 0.2) is 6.10 Å². The third-order valence-corrected chi connectivity index (χ3v) is 4.28. The predicted octanol–water partition coefficient (Wildman–Crippen LogP) is 1.62. The summed E-state index contributed by atoms with van der Waals surface area (Å²) in [4.78, 5) is 14.4. The molecule has 2 aliphatic rings. The van der Waals surface area contributed by atoms with E-state index in [0.29, 0.717) is 26.1 Å². The number of carbonyl (C=O) groups is 1. The number of fused-ring (bicyclic) bond motifs is 1. The molecule has 0 radical (unpaired) electrons. The third kappa shape index (κ3) is 3.13. The summed E-state index contributed by atoms with van der Waals surface area (Å²) >= 11 is 0. The average Bonchev–Trinajstić information content (AvgIpc) is 2.67. The molecule has 0 aromatic heterocycles. The topological polar surface area (TPSA) is 61.8 Å². The minimum Gasteiger partial charge on any atom is -0.477 e. The molecule has 0 aliphatic carbocycles. The molecule has 114 valence electrons. The van der Waals surface area contributed by atoms with Crippen molar-refractivity contribution in [1.82, 2.24) is 4.90 Å². The summed E-state index contributed by atoms with van der Waals surface area (Å²) in [5.41, 5.74) is 0.271. The van der Waals surface area contributed by atoms with Crippen LogP contribution in [0.3, 0.4) is 0 Å². The van der Waals surface area contributed by atoms with E-state index in [4.69, 9.17) is 4.74 Å². The largest absolute Gasteiger partial charge is 0.477 e. The maximum Gasteiger partial charge on any atom is 0.265 e. The minimum atomic E-state index is -0.659. The Hall–Kier alpha value is -1.75. The first-order chi connectivity index (χ1) is 10.1. The van der Waals surface area contributed by atoms with Gasteiger partial charge in [0.1, 0.15) is 5.75 Å². The molecule has 1 aromatic rings. The highest BCUT2D eigenvalue weighted by atomic mass is 16.5. The van der Waals surface area contributed by atoms with Crippen LogP contribution in [0.5, 0.6) is 5.75 Å². The lowest BCUT2D eigenvalue weighted by Crippen LogP contribution is -2.47. The lowest BCUT2D eigenvalue weighted by molar-refractivity contribution is -0.138. The van der Waals surface area contributed by atoms with Gasteiger partial charge >= 0.3 is 0 Å². The zero-order valence-electron chi connectivity index (χ0n) is 12.3. The van der Waals surface area contributed by atoms with Crippen molar-refractivity contribution in [2.45, 2.75) is 37.9 Å². The Morgan fingerprint density at radius 3 is 3.05 bits per heavy atom. The van der Waals surface area contributed by atoms with Gasteiger partial charge in [0, 0.05) is 13.1 Å². The van der Waals surface area contributed by atoms with Crippen molar-refractivity contribution < 1.29 is 14.6 Å². The lowest BCUT2D eigenvalue weighted by atomic mass is 9.98. The number of amides is 1. The fraction of sp³-hybridized carbons (Fsp3) is 0.562. The summed E-state index contributed by atoms with van der Waals surface area (Å²) in [5, 5.41) is 13.4. The van der Waals surface area contributed by atoms with E-state index in [1.165, 1.54) is 0 Å². The number of hydrogen-bond donors (Lipinski definition) is 2. The standard InChI is InChI=1S/C16H22N2O3/c1-16(20)7-4-9-18(10-8-16)15(19)14-11-17-12-5-2-3-6-13(12)21-14/h2-3,5-6,14,17,20H,4,7-11H2,1H3. The number of ether oxygens (including phenoxy) is 1. The summed E-state index contributed by atoms with van der Waals surface area (Å²) in [6.45, 7) is 3.61. The van der Waals surface area contributed by atoms with Crippen LogP contribution in [-0.2, 0) is 4.79 Å². The normalized spacial score (nSPS) is 28.9. The van der Waals surface area contributed by atoms with Crippen LogP contribution >= 0.6 is 0 Å². The Morgan fingerprint density at radius 1 is 1.38 bits per heavy atom. The first-order valence-electron chi connectivity index (χ1n) is 7.56. The first-order valence-corrected chi connectivity index (χ1v) is 7.56. The maximum atomic E-state index is 12.6. The molecule has 1 amide bonds. The SMILES string of the molecule is CC1(O)CCCN(C(=O)C2CNc3ccccc3O2)CC1. The molecule has 2 N–H and O–H groups in total. The van der Waals surface area contributed by atoms with Crippen LogP contribution in [0.1, 0.15) is 26.2 Å². The van der Waals surface area contributed by atoms with Crippen molar-refractivity contribution >= 4 is 11.6 Å². The molecule has 0 bridgehead atoms. The predicted molar refractivity (Wildman–Crippen MR) is 80.4 cm³/mol. The Kier molecular flexibility index (Phi) is 3.76. The fourth-order valence-electron chi connectivity index (χ4n) is 2.94. The molecule has 3 rings (SSSR count). The highest BCUT2D eigenvalue weighted by Crippen LogP contribution is 2.29. The number of aliphatic hydroxyl groups is 1. The number of benzene rings is 1. The second-order valence-electron chi connectivity index (χ2n) is 6.16. The number of rotatable bonds is 1. The van der Waals surface area contributed by atoms with Gasteiger partial charge in [-0.2, -0.15) is 0 Å². The van der Waals surface area contributed by atoms with Crippen LogP contribution in [0.25, 0.3) is 0 Å². The van der Waals surface area contributed by atoms with Crippen LogP contribution in [0.15, 0.2) is 24.3 Å². The smallest absolute Gasteiger partial charge is 0.265 e. The summed E-state index contributed by atoms with van der Waals surface area (Å²) in [5.74, 6) is 0.735. The van der Waals surface area contributed by atoms with Crippen molar-refractivity contribution in [3.8, 4) is 5.75 Å². The quantitative estimate of drug-likeness (QED) is 0.825. The highest BCUT2D eigenvalue weighted by molar-refractivity contribution is 5.83. The molecular formula is C16H22N2O3. The summed E-state index contributed by atoms with van der Waals surface area (Å²) in [7, 11) is 0. The van der Waals surface area contributed by atoms with Crippen LogP contribution in [0, 0.1) is 0 Å². The van der Waals surface area contributed by atoms with Crippen LogP contribution in [0.4, 0.5) is 5.69 Å². The zero-order valence-corrected chi connectivity index (χ0v) is 12.3. The summed E-state index contributed by atoms with van der Waals surface area (Å²) in [6, 6.07) is 7.65. The molecule has 2 unspecified atom stereocenters. The van der Waals surface area contributed by atoms with E-state index < -0.39 is 11.7 Å². The van der Waals surface area contributed by atoms with E-state index in [9.17, 15) is 9.90 Å². The van der Waals surface area contributed by atoms with Crippen molar-refractivity contribution in [3.05, 3.63) is 24.3 Å². The molecule has 0 saturated carbocycles. The van der Waals surface area contributed by atoms with E-state index >= 15 is 0 Å². The maximum absolute atomic E-state index is 12.6. The van der Waals surface area contributed by atoms with E-state index in [2.05, 4.69) is 5.32 Å². The third-order valence-electron chi connectivity index (χ3n) is 4.28. The van der Waals surface area contributed by atoms with Crippen LogP contribution in [-0.4, -0.2) is 47.3 Å². The zero-order chi connectivity index (χ0) is 14.9. The molecule has 2 aliphatic heterocycles. The Balaban J connectivity index is 1.66. The van der Waals surface area contributed by atoms with Crippen molar-refractivity contribution in [1.29, 1.82) is 0 Å². The molecule has 1 saturated heterocycles. The summed E-state index contributed by atoms with van der Waals surface area (Å²) < 4.78 is 5.82. The van der Waals surface area contributed by atoms with Crippen LogP contribution < -0.4 is 10.1 Å². The van der Waals surface area contributed by atoms with E-state index in [1.807, 2.05) is 36.1 Å². The molecule has 1 aromatic carbocycles. The van der Waals surface area contributed by atoms with Gasteiger partial charge in [0.2, 0.25) is 0 Å². The second kappa shape index (κ2) is 5.56. The number of carbonyl (C=O) groups excluding carboxylic acids is 1. The molecule has 2 atom stereocenters. The summed E-state index contributed by atoms with van der Waals surface area (Å²) in [6.07, 6.45) is 1.71. The molecule has 21 heavy (non-hydrogen) atoms. The number of nitrogens with one attached hydrogen (secondary N) is 1. The van der Waals surface area contributed by atoms with E-state index in [-0.39, 0.29) is 5.91 Å². The number of para-hydroxylation sites is 2. The van der Waals surface area contributed by atoms with Gasteiger partial charge in [-0.25, -0.2) is 0 Å². The van der Waals surface area contributed by atoms with E-state index in [1.54, 1.807) is 0 Å². The molecule has 1 fully saturated rings. The molecule has 5 nitrogen and oxygen atoms in total. The lowest BCUT2D eigenvalue weighted by Gasteiger charge is -2.31. The Bertz CT molecular complexity index is 530. The number of hydrogen-bond acceptors (Lipinski definition) is 4. The van der Waals surface area contributed by atoms with Gasteiger partial charge in [0.05, 0.1) is 17.8 Å². The highest BCUT2D eigenvalue weighted by Gasteiger charge is 2.33. The van der Waals surface area contributed by atoms with Crippen molar-refractivity contribution in [2.24, 2.45) is 0 Å². The van der Waals surface area contributed by atoms with Crippen LogP contribution in [0.2, 0.25) is 0 Å². The van der Waals surface area contributed by atoms with Gasteiger partial charge in [-0.3, -0.25) is 4.79 Å². The number of nitrogens with zero attached hydrogens (tertiary/aromatic N) is 1. The monoisotopic (exact) mass is 290 g/mol. The van der Waals surface area contributed by atoms with E-state index in [0.717, 1.165) is 24.3 Å². The molecular weight excluding hydrogens is 268 g/mol. The first kappa shape index (κ1) is 14.2. The Labute approximate surface area is 124 Å². The minimum absolute atomic E-state index is 0.00898. The van der Waals surface area contributed by atoms with Gasteiger partial charge in [-0.1, -0.05) is 12.1 Å². The van der Waals surface area contributed by atoms with Gasteiger partial charge in [-0.05, 0) is 38.3 Å². The average molecular weight is 290 g/mol. The fourth-order valence-corrected chi connectivity index (χ4v) is 2.94. The van der Waals surface area contributed by atoms with Crippen molar-refractivity contribution in [3.63, 3.8) is 0 Å². The molecule has 5 heteroatoms.